The second kappa shape index (κ2) is 10.3. The fraction of sp³-hybridized carbons (Fsp3) is 0.278. The van der Waals surface area contributed by atoms with E-state index in [9.17, 15) is 19.6 Å². The predicted molar refractivity (Wildman–Crippen MR) is 94.6 cm³/mol. The molecule has 1 amide bonds. The molecular weight excluding hydrogens is 363 g/mol. The third-order valence-corrected chi connectivity index (χ3v) is 3.73. The maximum absolute atomic E-state index is 12.3. The van der Waals surface area contributed by atoms with Gasteiger partial charge in [-0.05, 0) is 30.5 Å². The molecule has 0 radical (unpaired) electrons. The molecule has 0 bridgehead atoms. The van der Waals surface area contributed by atoms with Crippen molar-refractivity contribution in [1.82, 2.24) is 5.48 Å². The van der Waals surface area contributed by atoms with Gasteiger partial charge in [-0.3, -0.25) is 4.79 Å². The number of nitrogens with one attached hydrogen (secondary N) is 1. The van der Waals surface area contributed by atoms with E-state index in [4.69, 9.17) is 15.2 Å². The molecule has 3 N–H and O–H groups in total. The Morgan fingerprint density at radius 3 is 1.78 bits per heavy atom. The third-order valence-electron chi connectivity index (χ3n) is 3.73. The number of hydrogen-bond donors (Lipinski definition) is 2. The molecule has 0 atom stereocenters. The summed E-state index contributed by atoms with van der Waals surface area (Å²) in [5.74, 6) is -2.02. The van der Waals surface area contributed by atoms with Crippen LogP contribution in [0.25, 0.3) is 11.1 Å². The summed E-state index contributed by atoms with van der Waals surface area (Å²) in [4.78, 5) is 35.9. The van der Waals surface area contributed by atoms with E-state index < -0.39 is 17.8 Å². The molecule has 0 aromatic carbocycles. The van der Waals surface area contributed by atoms with E-state index in [2.05, 4.69) is 0 Å². The minimum Gasteiger partial charge on any atom is -0.759 e. The zero-order valence-corrected chi connectivity index (χ0v) is 17.5. The Morgan fingerprint density at radius 1 is 0.963 bits per heavy atom. The van der Waals surface area contributed by atoms with E-state index in [0.29, 0.717) is 16.7 Å². The van der Waals surface area contributed by atoms with Crippen LogP contribution in [-0.4, -0.2) is 31.1 Å². The number of hydroxylamine groups is 1. The monoisotopic (exact) mass is 382 g/mol. The average molecular weight is 382 g/mol. The number of nitrogens with two attached hydrogens (primary N) is 1. The molecule has 27 heavy (non-hydrogen) atoms. The van der Waals surface area contributed by atoms with Crippen molar-refractivity contribution in [3.05, 3.63) is 46.2 Å². The van der Waals surface area contributed by atoms with Gasteiger partial charge < -0.3 is 25.9 Å². The van der Waals surface area contributed by atoms with Gasteiger partial charge >= 0.3 is 41.5 Å². The first-order valence-corrected chi connectivity index (χ1v) is 8.03. The Morgan fingerprint density at radius 2 is 1.41 bits per heavy atom. The van der Waals surface area contributed by atoms with Crippen molar-refractivity contribution >= 4 is 23.5 Å². The van der Waals surface area contributed by atoms with Crippen molar-refractivity contribution in [2.45, 2.75) is 20.3 Å². The Labute approximate surface area is 178 Å². The summed E-state index contributed by atoms with van der Waals surface area (Å²) in [5.41, 5.74) is 8.81. The van der Waals surface area contributed by atoms with Gasteiger partial charge in [-0.15, -0.1) is 0 Å². The second-order valence-corrected chi connectivity index (χ2v) is 5.38. The quantitative estimate of drug-likeness (QED) is 0.368. The first-order chi connectivity index (χ1) is 12.4. The molecule has 0 aromatic heterocycles. The smallest absolute Gasteiger partial charge is 0.759 e. The van der Waals surface area contributed by atoms with Crippen LogP contribution in [0.2, 0.25) is 0 Å². The molecular formula is C18H19N2NaO6. The molecule has 2 rings (SSSR count). The number of rotatable bonds is 6. The van der Waals surface area contributed by atoms with Crippen molar-refractivity contribution < 1.29 is 53.4 Å². The van der Waals surface area contributed by atoms with Crippen LogP contribution in [0, 0.1) is 5.21 Å². The van der Waals surface area contributed by atoms with Crippen LogP contribution >= 0.6 is 0 Å². The Bertz CT molecular complexity index is 768. The van der Waals surface area contributed by atoms with E-state index in [1.807, 2.05) is 0 Å². The van der Waals surface area contributed by atoms with Gasteiger partial charge in [-0.25, -0.2) is 9.59 Å². The second-order valence-electron chi connectivity index (χ2n) is 5.38. The topological polar surface area (TPSA) is 131 Å². The number of carbonyl (C=O) groups is 3. The first-order valence-electron chi connectivity index (χ1n) is 8.03. The number of nitrogen functional groups attached to an aromatic ring is 1. The van der Waals surface area contributed by atoms with Gasteiger partial charge in [-0.2, -0.15) is 0 Å². The van der Waals surface area contributed by atoms with Crippen LogP contribution in [0.4, 0.5) is 5.69 Å². The summed E-state index contributed by atoms with van der Waals surface area (Å²) in [6.45, 7) is 3.61. The van der Waals surface area contributed by atoms with Crippen molar-refractivity contribution in [3.8, 4) is 11.1 Å². The number of carbonyl (C=O) groups excluding carboxylic acids is 3. The van der Waals surface area contributed by atoms with Gasteiger partial charge in [0.1, 0.15) is 0 Å². The third kappa shape index (κ3) is 4.98. The largest absolute Gasteiger partial charge is 1.00 e. The van der Waals surface area contributed by atoms with E-state index in [1.165, 1.54) is 5.48 Å². The fourth-order valence-corrected chi connectivity index (χ4v) is 2.65. The van der Waals surface area contributed by atoms with Crippen LogP contribution < -0.4 is 40.8 Å². The minimum atomic E-state index is -0.702. The molecule has 9 heteroatoms. The minimum absolute atomic E-state index is 0. The summed E-state index contributed by atoms with van der Waals surface area (Å²) >= 11 is 0. The number of amides is 1. The number of fused-ring (bicyclic) bond motifs is 1. The number of anilines is 1. The van der Waals surface area contributed by atoms with E-state index in [0.717, 1.165) is 0 Å². The molecule has 0 spiro atoms. The molecule has 0 heterocycles. The van der Waals surface area contributed by atoms with E-state index in [1.54, 1.807) is 38.1 Å². The molecule has 2 aliphatic rings. The summed E-state index contributed by atoms with van der Waals surface area (Å²) in [5, 5.41) is 10.4. The van der Waals surface area contributed by atoms with Gasteiger partial charge in [0.25, 0.3) is 0 Å². The van der Waals surface area contributed by atoms with Crippen molar-refractivity contribution in [1.29, 1.82) is 0 Å². The molecule has 0 unspecified atom stereocenters. The molecule has 0 fully saturated rings. The molecule has 8 nitrogen and oxygen atoms in total. The van der Waals surface area contributed by atoms with Crippen molar-refractivity contribution in [2.24, 2.45) is 0 Å². The predicted octanol–water partition coefficient (Wildman–Crippen LogP) is -1.11. The summed E-state index contributed by atoms with van der Waals surface area (Å²) in [7, 11) is 0. The van der Waals surface area contributed by atoms with E-state index >= 15 is 0 Å². The standard InChI is InChI=1S/C18H19N2O6.Na/c1-3-25-17(22)14-11-7-5-10(9-13(21)20-24)6-8-12(11)15(16(14)19)18(23)26-4-2;/h5-8H,3-4,9H2,1-2H3,(H3-,19,20,21,22,23,24);/q-1;+1. The Balaban J connectivity index is 0.00000364. The molecule has 0 saturated heterocycles. The van der Waals surface area contributed by atoms with Gasteiger partial charge in [0.15, 0.2) is 0 Å². The number of ether oxygens (including phenoxy) is 2. The zero-order chi connectivity index (χ0) is 19.3. The summed E-state index contributed by atoms with van der Waals surface area (Å²) in [6.07, 6.45) is -0.139. The SMILES string of the molecule is CCOC(=O)c1c2ccc(CC(=O)N[O-])ccc-2c(C(=O)OCC)c1N.[Na+]. The van der Waals surface area contributed by atoms with Crippen molar-refractivity contribution in [3.63, 3.8) is 0 Å². The van der Waals surface area contributed by atoms with Gasteiger partial charge in [0, 0.05) is 0 Å². The van der Waals surface area contributed by atoms with Gasteiger partial charge in [-0.1, -0.05) is 24.3 Å². The zero-order valence-electron chi connectivity index (χ0n) is 15.5. The maximum Gasteiger partial charge on any atom is 1.00 e. The maximum atomic E-state index is 12.3. The first kappa shape index (κ1) is 22.9. The van der Waals surface area contributed by atoms with Crippen LogP contribution in [0.5, 0.6) is 0 Å². The number of hydrogen-bond acceptors (Lipinski definition) is 7. The Kier molecular flexibility index (Phi) is 8.71. The normalized spacial score (nSPS) is 10.0. The fourth-order valence-electron chi connectivity index (χ4n) is 2.65. The average Bonchev–Trinajstić information content (AvgIpc) is 2.74. The van der Waals surface area contributed by atoms with Crippen LogP contribution in [0.1, 0.15) is 40.1 Å². The molecule has 0 saturated carbocycles. The van der Waals surface area contributed by atoms with Crippen LogP contribution in [0.15, 0.2) is 24.3 Å². The molecule has 138 valence electrons. The summed E-state index contributed by atoms with van der Waals surface area (Å²) in [6, 6.07) is 6.28. The van der Waals surface area contributed by atoms with Crippen LogP contribution in [-0.2, 0) is 20.7 Å². The van der Waals surface area contributed by atoms with Gasteiger partial charge in [0.2, 0.25) is 5.91 Å². The van der Waals surface area contributed by atoms with Crippen LogP contribution in [0.3, 0.4) is 0 Å². The van der Waals surface area contributed by atoms with Gasteiger partial charge in [0.05, 0.1) is 36.4 Å². The molecule has 2 aliphatic carbocycles. The number of esters is 2. The Hall–Kier alpha value is -2.13. The molecule has 0 aromatic rings. The van der Waals surface area contributed by atoms with Crippen molar-refractivity contribution in [2.75, 3.05) is 18.9 Å². The summed E-state index contributed by atoms with van der Waals surface area (Å²) < 4.78 is 10.1. The molecule has 0 aliphatic heterocycles. The van der Waals surface area contributed by atoms with E-state index in [-0.39, 0.29) is 66.0 Å².